The van der Waals surface area contributed by atoms with Crippen molar-refractivity contribution in [1.82, 2.24) is 16.0 Å². The first-order valence-electron chi connectivity index (χ1n) is 9.61. The van der Waals surface area contributed by atoms with Gasteiger partial charge in [0.15, 0.2) is 0 Å². The Morgan fingerprint density at radius 1 is 1.14 bits per heavy atom. The van der Waals surface area contributed by atoms with E-state index in [-0.39, 0.29) is 5.91 Å². The molecule has 0 aliphatic carbocycles. The summed E-state index contributed by atoms with van der Waals surface area (Å²) in [4.78, 5) is 35.2. The van der Waals surface area contributed by atoms with Gasteiger partial charge in [0.1, 0.15) is 5.60 Å². The Morgan fingerprint density at radius 2 is 1.82 bits per heavy atom. The molecule has 0 bridgehead atoms. The van der Waals surface area contributed by atoms with Gasteiger partial charge in [-0.2, -0.15) is 0 Å². The normalized spacial score (nSPS) is 13.3. The van der Waals surface area contributed by atoms with Gasteiger partial charge in [-0.05, 0) is 59.1 Å². The van der Waals surface area contributed by atoms with Crippen LogP contribution in [0.3, 0.4) is 0 Å². The molecule has 3 N–H and O–H groups in total. The summed E-state index contributed by atoms with van der Waals surface area (Å²) < 4.78 is 5.15. The van der Waals surface area contributed by atoms with Gasteiger partial charge in [0.25, 0.3) is 0 Å². The molecule has 1 aromatic rings. The van der Waals surface area contributed by atoms with E-state index in [0.717, 1.165) is 5.56 Å². The molecule has 1 radical (unpaired) electrons. The fourth-order valence-electron chi connectivity index (χ4n) is 2.59. The fourth-order valence-corrected chi connectivity index (χ4v) is 2.59. The van der Waals surface area contributed by atoms with Crippen LogP contribution >= 0.6 is 0 Å². The Kier molecular flexibility index (Phi) is 10.2. The van der Waals surface area contributed by atoms with Gasteiger partial charge in [-0.15, -0.1) is 0 Å². The third-order valence-electron chi connectivity index (χ3n) is 3.99. The first kappa shape index (κ1) is 23.6. The summed E-state index contributed by atoms with van der Waals surface area (Å²) in [6.45, 7) is 5.85. The van der Waals surface area contributed by atoms with Crippen molar-refractivity contribution in [2.24, 2.45) is 0 Å². The van der Waals surface area contributed by atoms with E-state index in [4.69, 9.17) is 4.74 Å². The van der Waals surface area contributed by atoms with Crippen LogP contribution in [-0.2, 0) is 20.7 Å². The number of ether oxygens (including phenoxy) is 1. The second-order valence-electron chi connectivity index (χ2n) is 7.63. The number of carbonyl (C=O) groups is 2. The van der Waals surface area contributed by atoms with Gasteiger partial charge in [-0.25, -0.2) is 4.79 Å². The average molecular weight is 391 g/mol. The van der Waals surface area contributed by atoms with Crippen LogP contribution in [0.25, 0.3) is 0 Å². The number of amides is 2. The number of likely N-dealkylation sites (N-methyl/N-ethyl adjacent to an activating group) is 1. The lowest BCUT2D eigenvalue weighted by Gasteiger charge is -2.20. The molecule has 7 heteroatoms. The molecule has 2 atom stereocenters. The molecule has 0 unspecified atom stereocenters. The molecule has 1 aromatic carbocycles. The quantitative estimate of drug-likeness (QED) is 0.503. The van der Waals surface area contributed by atoms with Crippen molar-refractivity contribution in [1.29, 1.82) is 0 Å². The smallest absolute Gasteiger partial charge is 0.407 e. The van der Waals surface area contributed by atoms with Crippen LogP contribution in [0.1, 0.15) is 45.6 Å². The van der Waals surface area contributed by atoms with Crippen LogP contribution in [0.5, 0.6) is 0 Å². The standard InChI is InChI=1S/C21H32N3O4/c1-21(2,3)28-20(27)23-13-9-8-12-17(15-25)24-19(26)18(22-4)14-16-10-6-5-7-11-16/h5-7,10-11,17-18,22H,8-9,12-14H2,1-4H3,(H,23,27)(H,24,26)/t17-,18-/m0/s1. The van der Waals surface area contributed by atoms with Crippen molar-refractivity contribution < 1.29 is 19.1 Å². The van der Waals surface area contributed by atoms with Gasteiger partial charge in [-0.3, -0.25) is 9.59 Å². The molecular formula is C21H32N3O4. The number of unbranched alkanes of at least 4 members (excludes halogenated alkanes) is 1. The highest BCUT2D eigenvalue weighted by atomic mass is 16.6. The van der Waals surface area contributed by atoms with Crippen molar-refractivity contribution in [2.45, 2.75) is 64.1 Å². The summed E-state index contributed by atoms with van der Waals surface area (Å²) in [5, 5.41) is 8.38. The molecule has 0 heterocycles. The largest absolute Gasteiger partial charge is 0.444 e. The number of benzene rings is 1. The van der Waals surface area contributed by atoms with Crippen LogP contribution in [-0.4, -0.2) is 49.6 Å². The number of carbonyl (C=O) groups excluding carboxylic acids is 3. The topological polar surface area (TPSA) is 96.5 Å². The predicted octanol–water partition coefficient (Wildman–Crippen LogP) is 2.11. The minimum Gasteiger partial charge on any atom is -0.444 e. The van der Waals surface area contributed by atoms with Crippen molar-refractivity contribution in [3.8, 4) is 0 Å². The minimum atomic E-state index is -0.666. The van der Waals surface area contributed by atoms with Gasteiger partial charge in [0.2, 0.25) is 12.2 Å². The maximum absolute atomic E-state index is 12.4. The first-order valence-corrected chi connectivity index (χ1v) is 9.61. The SMILES string of the molecule is CN[C@@H](Cc1ccccc1)C(=O)N[C@H]([C]=O)CCCCNC(=O)OC(C)(C)C. The molecule has 0 saturated carbocycles. The van der Waals surface area contributed by atoms with Crippen LogP contribution in [0.15, 0.2) is 30.3 Å². The molecule has 28 heavy (non-hydrogen) atoms. The zero-order valence-corrected chi connectivity index (χ0v) is 17.2. The summed E-state index contributed by atoms with van der Waals surface area (Å²) >= 11 is 0. The highest BCUT2D eigenvalue weighted by Crippen LogP contribution is 2.07. The summed E-state index contributed by atoms with van der Waals surface area (Å²) in [7, 11) is 1.72. The highest BCUT2D eigenvalue weighted by Gasteiger charge is 2.20. The minimum absolute atomic E-state index is 0.230. The fraction of sp³-hybridized carbons (Fsp3) is 0.571. The zero-order valence-electron chi connectivity index (χ0n) is 17.2. The summed E-state index contributed by atoms with van der Waals surface area (Å²) in [6, 6.07) is 8.60. The number of rotatable bonds is 11. The van der Waals surface area contributed by atoms with Gasteiger partial charge in [0.05, 0.1) is 12.1 Å². The van der Waals surface area contributed by atoms with Crippen molar-refractivity contribution in [3.63, 3.8) is 0 Å². The van der Waals surface area contributed by atoms with Crippen LogP contribution in [0.4, 0.5) is 4.79 Å². The number of alkyl carbamates (subject to hydrolysis) is 1. The molecule has 0 aliphatic heterocycles. The van der Waals surface area contributed by atoms with E-state index in [9.17, 15) is 14.4 Å². The molecule has 0 aliphatic rings. The lowest BCUT2D eigenvalue weighted by molar-refractivity contribution is -0.123. The van der Waals surface area contributed by atoms with E-state index < -0.39 is 23.8 Å². The molecule has 0 spiro atoms. The van der Waals surface area contributed by atoms with Crippen molar-refractivity contribution >= 4 is 18.3 Å². The Morgan fingerprint density at radius 3 is 2.39 bits per heavy atom. The molecule has 0 aromatic heterocycles. The van der Waals surface area contributed by atoms with Gasteiger partial charge in [-0.1, -0.05) is 30.3 Å². The molecule has 0 saturated heterocycles. The van der Waals surface area contributed by atoms with E-state index in [1.165, 1.54) is 0 Å². The Hall–Kier alpha value is -2.41. The summed E-state index contributed by atoms with van der Waals surface area (Å²) in [5.41, 5.74) is 0.507. The Labute approximate surface area is 167 Å². The average Bonchev–Trinajstić information content (AvgIpc) is 2.64. The maximum atomic E-state index is 12.4. The van der Waals surface area contributed by atoms with E-state index >= 15 is 0 Å². The zero-order chi connectivity index (χ0) is 21.0. The van der Waals surface area contributed by atoms with Gasteiger partial charge in [0, 0.05) is 6.54 Å². The number of hydrogen-bond acceptors (Lipinski definition) is 5. The summed E-state index contributed by atoms with van der Waals surface area (Å²) in [6.07, 6.45) is 3.76. The van der Waals surface area contributed by atoms with Crippen molar-refractivity contribution in [2.75, 3.05) is 13.6 Å². The Balaban J connectivity index is 2.33. The lowest BCUT2D eigenvalue weighted by Crippen LogP contribution is -2.48. The first-order chi connectivity index (χ1) is 13.2. The van der Waals surface area contributed by atoms with Gasteiger partial charge < -0.3 is 20.7 Å². The summed E-state index contributed by atoms with van der Waals surface area (Å²) in [5.74, 6) is -0.230. The van der Waals surface area contributed by atoms with E-state index in [0.29, 0.717) is 32.2 Å². The van der Waals surface area contributed by atoms with E-state index in [2.05, 4.69) is 16.0 Å². The van der Waals surface area contributed by atoms with Gasteiger partial charge >= 0.3 is 6.09 Å². The predicted molar refractivity (Wildman–Crippen MR) is 109 cm³/mol. The molecule has 1 rings (SSSR count). The van der Waals surface area contributed by atoms with Crippen LogP contribution in [0.2, 0.25) is 0 Å². The van der Waals surface area contributed by atoms with Crippen molar-refractivity contribution in [3.05, 3.63) is 35.9 Å². The highest BCUT2D eigenvalue weighted by molar-refractivity contribution is 5.84. The van der Waals surface area contributed by atoms with Crippen LogP contribution < -0.4 is 16.0 Å². The maximum Gasteiger partial charge on any atom is 0.407 e. The van der Waals surface area contributed by atoms with E-state index in [1.807, 2.05) is 36.6 Å². The number of nitrogens with one attached hydrogen (secondary N) is 3. The third kappa shape index (κ3) is 10.1. The monoisotopic (exact) mass is 390 g/mol. The van der Waals surface area contributed by atoms with E-state index in [1.54, 1.807) is 27.8 Å². The second-order valence-corrected chi connectivity index (χ2v) is 7.63. The molecule has 7 nitrogen and oxygen atoms in total. The lowest BCUT2D eigenvalue weighted by atomic mass is 10.0. The van der Waals surface area contributed by atoms with Crippen LogP contribution in [0, 0.1) is 0 Å². The Bertz CT molecular complexity index is 614. The molecule has 0 fully saturated rings. The second kappa shape index (κ2) is 12.1. The number of hydrogen-bond donors (Lipinski definition) is 3. The molecular weight excluding hydrogens is 358 g/mol. The molecule has 2 amide bonds. The third-order valence-corrected chi connectivity index (χ3v) is 3.99. The molecule has 155 valence electrons.